The molecule has 20 heavy (non-hydrogen) atoms. The summed E-state index contributed by atoms with van der Waals surface area (Å²) in [7, 11) is 0. The summed E-state index contributed by atoms with van der Waals surface area (Å²) in [5, 5.41) is 10.6. The Bertz CT molecular complexity index is 496. The molecule has 1 fully saturated rings. The van der Waals surface area contributed by atoms with Crippen molar-refractivity contribution in [3.63, 3.8) is 0 Å². The van der Waals surface area contributed by atoms with Gasteiger partial charge >= 0.3 is 0 Å². The zero-order valence-corrected chi connectivity index (χ0v) is 12.2. The van der Waals surface area contributed by atoms with E-state index in [0.29, 0.717) is 19.3 Å². The average molecular weight is 272 g/mol. The van der Waals surface area contributed by atoms with Crippen molar-refractivity contribution in [3.8, 4) is 0 Å². The molecule has 0 saturated heterocycles. The molecule has 1 aromatic rings. The molecule has 1 N–H and O–H groups in total. The second-order valence-electron chi connectivity index (χ2n) is 6.50. The van der Waals surface area contributed by atoms with E-state index in [1.807, 2.05) is 0 Å². The molecule has 1 saturated carbocycles. The highest BCUT2D eigenvalue weighted by molar-refractivity contribution is 5.89. The van der Waals surface area contributed by atoms with Crippen LogP contribution in [0.5, 0.6) is 0 Å². The fourth-order valence-electron chi connectivity index (χ4n) is 3.68. The van der Waals surface area contributed by atoms with Crippen molar-refractivity contribution in [3.05, 3.63) is 34.9 Å². The van der Waals surface area contributed by atoms with Gasteiger partial charge in [-0.2, -0.15) is 0 Å². The number of aliphatic hydroxyl groups is 1. The molecule has 2 aliphatic carbocycles. The highest BCUT2D eigenvalue weighted by Crippen LogP contribution is 2.29. The topological polar surface area (TPSA) is 37.3 Å². The summed E-state index contributed by atoms with van der Waals surface area (Å²) in [6, 6.07) is 6.42. The normalized spacial score (nSPS) is 21.2. The van der Waals surface area contributed by atoms with Gasteiger partial charge in [-0.3, -0.25) is 4.79 Å². The van der Waals surface area contributed by atoms with Gasteiger partial charge in [0.05, 0.1) is 0 Å². The van der Waals surface area contributed by atoms with Crippen molar-refractivity contribution < 1.29 is 9.90 Å². The van der Waals surface area contributed by atoms with Crippen LogP contribution >= 0.6 is 0 Å². The van der Waals surface area contributed by atoms with Crippen LogP contribution in [-0.2, 0) is 24.1 Å². The second kappa shape index (κ2) is 5.69. The minimum atomic E-state index is -1.06. The molecule has 0 aliphatic heterocycles. The molecule has 0 spiro atoms. The first-order valence-corrected chi connectivity index (χ1v) is 8.04. The van der Waals surface area contributed by atoms with Crippen molar-refractivity contribution in [1.82, 2.24) is 0 Å². The Morgan fingerprint density at radius 2 is 1.70 bits per heavy atom. The number of benzene rings is 1. The molecule has 0 amide bonds. The number of hydrogen-bond donors (Lipinski definition) is 1. The lowest BCUT2D eigenvalue weighted by Crippen LogP contribution is -2.39. The predicted molar refractivity (Wildman–Crippen MR) is 79.8 cm³/mol. The highest BCUT2D eigenvalue weighted by Gasteiger charge is 2.35. The molecule has 1 aromatic carbocycles. The fourth-order valence-corrected chi connectivity index (χ4v) is 3.68. The minimum Gasteiger partial charge on any atom is -0.382 e. The number of aryl methyl sites for hydroxylation is 2. The SMILES string of the molecule is O=C(Cc1ccc2c(c1)CCC2)C1(O)CCCCCC1. The molecule has 0 heterocycles. The number of fused-ring (bicyclic) bond motifs is 1. The Kier molecular flexibility index (Phi) is 3.93. The summed E-state index contributed by atoms with van der Waals surface area (Å²) in [6.45, 7) is 0. The number of rotatable bonds is 3. The summed E-state index contributed by atoms with van der Waals surface area (Å²) < 4.78 is 0. The van der Waals surface area contributed by atoms with Gasteiger partial charge in [0.2, 0.25) is 0 Å². The lowest BCUT2D eigenvalue weighted by molar-refractivity contribution is -0.138. The van der Waals surface area contributed by atoms with Gasteiger partial charge in [-0.15, -0.1) is 0 Å². The van der Waals surface area contributed by atoms with Gasteiger partial charge in [0.25, 0.3) is 0 Å². The van der Waals surface area contributed by atoms with Gasteiger partial charge in [-0.05, 0) is 48.8 Å². The van der Waals surface area contributed by atoms with Crippen LogP contribution in [0.2, 0.25) is 0 Å². The Hall–Kier alpha value is -1.15. The Morgan fingerprint density at radius 1 is 1.00 bits per heavy atom. The van der Waals surface area contributed by atoms with Crippen LogP contribution in [0.3, 0.4) is 0 Å². The number of ketones is 1. The van der Waals surface area contributed by atoms with Gasteiger partial charge in [0, 0.05) is 6.42 Å². The zero-order valence-electron chi connectivity index (χ0n) is 12.2. The van der Waals surface area contributed by atoms with Crippen LogP contribution in [-0.4, -0.2) is 16.5 Å². The van der Waals surface area contributed by atoms with Crippen LogP contribution in [0.25, 0.3) is 0 Å². The smallest absolute Gasteiger partial charge is 0.168 e. The summed E-state index contributed by atoms with van der Waals surface area (Å²) in [6.07, 6.45) is 9.49. The number of Topliss-reactive ketones (excluding diaryl/α,β-unsaturated/α-hetero) is 1. The van der Waals surface area contributed by atoms with Crippen LogP contribution in [0.15, 0.2) is 18.2 Å². The largest absolute Gasteiger partial charge is 0.382 e. The highest BCUT2D eigenvalue weighted by atomic mass is 16.3. The van der Waals surface area contributed by atoms with Gasteiger partial charge < -0.3 is 5.11 Å². The van der Waals surface area contributed by atoms with Crippen LogP contribution in [0, 0.1) is 0 Å². The van der Waals surface area contributed by atoms with E-state index in [4.69, 9.17) is 0 Å². The molecular weight excluding hydrogens is 248 g/mol. The molecule has 0 bridgehead atoms. The maximum absolute atomic E-state index is 12.5. The van der Waals surface area contributed by atoms with Crippen molar-refractivity contribution in [2.45, 2.75) is 69.8 Å². The minimum absolute atomic E-state index is 0.0253. The van der Waals surface area contributed by atoms with Crippen LogP contribution in [0.4, 0.5) is 0 Å². The number of hydrogen-bond acceptors (Lipinski definition) is 2. The van der Waals surface area contributed by atoms with E-state index in [2.05, 4.69) is 18.2 Å². The third-order valence-electron chi connectivity index (χ3n) is 4.98. The first kappa shape index (κ1) is 13.8. The van der Waals surface area contributed by atoms with E-state index >= 15 is 0 Å². The van der Waals surface area contributed by atoms with Gasteiger partial charge in [0.15, 0.2) is 5.78 Å². The van der Waals surface area contributed by atoms with Crippen molar-refractivity contribution in [2.75, 3.05) is 0 Å². The Balaban J connectivity index is 1.71. The van der Waals surface area contributed by atoms with Gasteiger partial charge in [-0.25, -0.2) is 0 Å². The molecule has 0 aromatic heterocycles. The van der Waals surface area contributed by atoms with Crippen molar-refractivity contribution in [1.29, 1.82) is 0 Å². The quantitative estimate of drug-likeness (QED) is 0.857. The standard InChI is InChI=1S/C18H24O2/c19-17(18(20)10-3-1-2-4-11-18)13-14-8-9-15-6-5-7-16(15)12-14/h8-9,12,20H,1-7,10-11,13H2. The molecular formula is C18H24O2. The first-order valence-electron chi connectivity index (χ1n) is 8.04. The molecule has 2 nitrogen and oxygen atoms in total. The van der Waals surface area contributed by atoms with E-state index < -0.39 is 5.60 Å². The summed E-state index contributed by atoms with van der Waals surface area (Å²) in [5.74, 6) is 0.0253. The van der Waals surface area contributed by atoms with Crippen molar-refractivity contribution >= 4 is 5.78 Å². The average Bonchev–Trinajstić information content (AvgIpc) is 2.78. The molecule has 0 radical (unpaired) electrons. The molecule has 0 atom stereocenters. The Labute approximate surface area is 121 Å². The zero-order chi connectivity index (χ0) is 14.0. The Morgan fingerprint density at radius 3 is 2.45 bits per heavy atom. The van der Waals surface area contributed by atoms with E-state index in [9.17, 15) is 9.90 Å². The summed E-state index contributed by atoms with van der Waals surface area (Å²) in [5.41, 5.74) is 2.86. The van der Waals surface area contributed by atoms with Crippen LogP contribution < -0.4 is 0 Å². The monoisotopic (exact) mass is 272 g/mol. The maximum atomic E-state index is 12.5. The summed E-state index contributed by atoms with van der Waals surface area (Å²) >= 11 is 0. The predicted octanol–water partition coefficient (Wildman–Crippen LogP) is 3.37. The van der Waals surface area contributed by atoms with E-state index in [0.717, 1.165) is 37.7 Å². The molecule has 0 unspecified atom stereocenters. The molecule has 108 valence electrons. The van der Waals surface area contributed by atoms with E-state index in [1.165, 1.54) is 24.0 Å². The molecule has 2 aliphatic rings. The van der Waals surface area contributed by atoms with Crippen LogP contribution in [0.1, 0.15) is 61.6 Å². The third kappa shape index (κ3) is 2.80. The first-order chi connectivity index (χ1) is 9.67. The number of carbonyl (C=O) groups excluding carboxylic acids is 1. The summed E-state index contributed by atoms with van der Waals surface area (Å²) in [4.78, 5) is 12.5. The fraction of sp³-hybridized carbons (Fsp3) is 0.611. The second-order valence-corrected chi connectivity index (χ2v) is 6.50. The van der Waals surface area contributed by atoms with Crippen molar-refractivity contribution in [2.24, 2.45) is 0 Å². The lowest BCUT2D eigenvalue weighted by atomic mass is 9.86. The van der Waals surface area contributed by atoms with Gasteiger partial charge in [-0.1, -0.05) is 43.9 Å². The molecule has 2 heteroatoms. The van der Waals surface area contributed by atoms with Gasteiger partial charge in [0.1, 0.15) is 5.60 Å². The maximum Gasteiger partial charge on any atom is 0.168 e. The lowest BCUT2D eigenvalue weighted by Gasteiger charge is -2.25. The number of carbonyl (C=O) groups is 1. The van der Waals surface area contributed by atoms with E-state index in [-0.39, 0.29) is 5.78 Å². The van der Waals surface area contributed by atoms with E-state index in [1.54, 1.807) is 0 Å². The molecule has 3 rings (SSSR count). The third-order valence-corrected chi connectivity index (χ3v) is 4.98.